The van der Waals surface area contributed by atoms with Crippen molar-refractivity contribution in [2.24, 2.45) is 0 Å². The number of hydrogen-bond donors (Lipinski definition) is 1. The van der Waals surface area contributed by atoms with E-state index in [0.717, 1.165) is 18.8 Å². The Balaban J connectivity index is 2.15. The first-order valence-electron chi connectivity index (χ1n) is 10.1. The lowest BCUT2D eigenvalue weighted by molar-refractivity contribution is -0.142. The zero-order valence-corrected chi connectivity index (χ0v) is 17.8. The average Bonchev–Trinajstić information content (AvgIpc) is 2.75. The number of anilines is 2. The summed E-state index contributed by atoms with van der Waals surface area (Å²) in [6.07, 6.45) is 6.28. The molecule has 1 aliphatic rings. The highest BCUT2D eigenvalue weighted by Crippen LogP contribution is 2.39. The van der Waals surface area contributed by atoms with Crippen molar-refractivity contribution >= 4 is 23.3 Å². The summed E-state index contributed by atoms with van der Waals surface area (Å²) < 4.78 is 21.9. The number of carbonyl (C=O) groups excluding carboxylic acids is 2. The van der Waals surface area contributed by atoms with E-state index in [0.29, 0.717) is 43.6 Å². The van der Waals surface area contributed by atoms with Gasteiger partial charge in [-0.2, -0.15) is 0 Å². The molecule has 2 rings (SSSR count). The molecule has 0 radical (unpaired) electrons. The molecular formula is C22H30N2O6. The van der Waals surface area contributed by atoms with Gasteiger partial charge in [0.05, 0.1) is 37.8 Å². The smallest absolute Gasteiger partial charge is 0.331 e. The summed E-state index contributed by atoms with van der Waals surface area (Å²) in [5, 5.41) is 2.74. The summed E-state index contributed by atoms with van der Waals surface area (Å²) >= 11 is 0. The van der Waals surface area contributed by atoms with E-state index in [1.54, 1.807) is 24.3 Å². The first kappa shape index (κ1) is 23.3. The van der Waals surface area contributed by atoms with Gasteiger partial charge in [-0.05, 0) is 20.8 Å². The Morgan fingerprint density at radius 3 is 2.47 bits per heavy atom. The Morgan fingerprint density at radius 2 is 1.80 bits per heavy atom. The SMILES string of the molecule is C/C=C/C=C/C(=O)OCC(=O)Nc1cc(OCC)c(N2CCOCC2)cc1OCC. The predicted molar refractivity (Wildman–Crippen MR) is 115 cm³/mol. The molecule has 1 fully saturated rings. The first-order valence-corrected chi connectivity index (χ1v) is 10.1. The van der Waals surface area contributed by atoms with Gasteiger partial charge in [-0.3, -0.25) is 4.79 Å². The fourth-order valence-electron chi connectivity index (χ4n) is 2.86. The third-order valence-electron chi connectivity index (χ3n) is 4.17. The molecule has 0 spiro atoms. The van der Waals surface area contributed by atoms with Crippen molar-refractivity contribution in [1.82, 2.24) is 0 Å². The standard InChI is InChI=1S/C22H30N2O6/c1-4-7-8-9-22(26)30-16-21(25)23-17-14-20(29-6-3)18(15-19(17)28-5-2)24-10-12-27-13-11-24/h4,7-9,14-15H,5-6,10-13,16H2,1-3H3,(H,23,25)/b7-4+,9-8+. The Hall–Kier alpha value is -3.00. The van der Waals surface area contributed by atoms with Crippen LogP contribution in [-0.4, -0.2) is 58.0 Å². The van der Waals surface area contributed by atoms with Crippen LogP contribution < -0.4 is 19.7 Å². The van der Waals surface area contributed by atoms with Crippen LogP contribution in [-0.2, 0) is 19.1 Å². The molecule has 1 N–H and O–H groups in total. The van der Waals surface area contributed by atoms with Gasteiger partial charge in [0.1, 0.15) is 11.5 Å². The minimum Gasteiger partial charge on any atom is -0.492 e. The number of rotatable bonds is 10. The summed E-state index contributed by atoms with van der Waals surface area (Å²) in [6, 6.07) is 3.60. The second-order valence-corrected chi connectivity index (χ2v) is 6.32. The quantitative estimate of drug-likeness (QED) is 0.355. The Kier molecular flexibility index (Phi) is 9.73. The van der Waals surface area contributed by atoms with E-state index < -0.39 is 18.5 Å². The van der Waals surface area contributed by atoms with Crippen molar-refractivity contribution in [1.29, 1.82) is 0 Å². The average molecular weight is 418 g/mol. The summed E-state index contributed by atoms with van der Waals surface area (Å²) in [5.41, 5.74) is 1.35. The van der Waals surface area contributed by atoms with Gasteiger partial charge in [0, 0.05) is 31.3 Å². The van der Waals surface area contributed by atoms with Gasteiger partial charge in [0.25, 0.3) is 5.91 Å². The molecule has 0 atom stereocenters. The lowest BCUT2D eigenvalue weighted by Gasteiger charge is -2.31. The summed E-state index contributed by atoms with van der Waals surface area (Å²) in [7, 11) is 0. The van der Waals surface area contributed by atoms with Crippen molar-refractivity contribution in [3.8, 4) is 11.5 Å². The van der Waals surface area contributed by atoms with E-state index in [2.05, 4.69) is 10.2 Å². The lowest BCUT2D eigenvalue weighted by atomic mass is 10.2. The molecule has 0 aliphatic carbocycles. The molecular weight excluding hydrogens is 388 g/mol. The van der Waals surface area contributed by atoms with E-state index in [4.69, 9.17) is 18.9 Å². The van der Waals surface area contributed by atoms with Gasteiger partial charge < -0.3 is 29.2 Å². The molecule has 1 heterocycles. The summed E-state index contributed by atoms with van der Waals surface area (Å²) in [6.45, 7) is 8.89. The molecule has 30 heavy (non-hydrogen) atoms. The number of carbonyl (C=O) groups is 2. The zero-order chi connectivity index (χ0) is 21.8. The van der Waals surface area contributed by atoms with Crippen molar-refractivity contribution in [3.63, 3.8) is 0 Å². The van der Waals surface area contributed by atoms with Gasteiger partial charge in [-0.25, -0.2) is 4.79 Å². The second kappa shape index (κ2) is 12.5. The molecule has 0 bridgehead atoms. The number of hydrogen-bond acceptors (Lipinski definition) is 7. The number of esters is 1. The van der Waals surface area contributed by atoms with Crippen LogP contribution in [0.1, 0.15) is 20.8 Å². The van der Waals surface area contributed by atoms with Crippen LogP contribution in [0, 0.1) is 0 Å². The number of nitrogens with one attached hydrogen (secondary N) is 1. The highest BCUT2D eigenvalue weighted by Gasteiger charge is 2.20. The molecule has 164 valence electrons. The third kappa shape index (κ3) is 7.11. The number of allylic oxidation sites excluding steroid dienone is 3. The topological polar surface area (TPSA) is 86.3 Å². The second-order valence-electron chi connectivity index (χ2n) is 6.32. The normalized spacial score (nSPS) is 14.2. The molecule has 0 saturated carbocycles. The number of ether oxygens (including phenoxy) is 4. The summed E-state index contributed by atoms with van der Waals surface area (Å²) in [5.74, 6) is 0.107. The fourth-order valence-corrected chi connectivity index (χ4v) is 2.86. The van der Waals surface area contributed by atoms with Crippen LogP contribution in [0.4, 0.5) is 11.4 Å². The van der Waals surface area contributed by atoms with Gasteiger partial charge >= 0.3 is 5.97 Å². The van der Waals surface area contributed by atoms with Gasteiger partial charge in [-0.15, -0.1) is 0 Å². The highest BCUT2D eigenvalue weighted by molar-refractivity contribution is 5.95. The zero-order valence-electron chi connectivity index (χ0n) is 17.8. The van der Waals surface area contributed by atoms with Crippen molar-refractivity contribution in [3.05, 3.63) is 36.4 Å². The van der Waals surface area contributed by atoms with E-state index in [1.807, 2.05) is 26.8 Å². The van der Waals surface area contributed by atoms with Crippen LogP contribution >= 0.6 is 0 Å². The molecule has 1 amide bonds. The van der Waals surface area contributed by atoms with Gasteiger partial charge in [0.15, 0.2) is 6.61 Å². The fraction of sp³-hybridized carbons (Fsp3) is 0.455. The molecule has 0 aromatic heterocycles. The Morgan fingerprint density at radius 1 is 1.10 bits per heavy atom. The lowest BCUT2D eigenvalue weighted by Crippen LogP contribution is -2.36. The number of morpholine rings is 1. The van der Waals surface area contributed by atoms with Gasteiger partial charge in [-0.1, -0.05) is 18.2 Å². The van der Waals surface area contributed by atoms with Crippen molar-refractivity contribution < 1.29 is 28.5 Å². The van der Waals surface area contributed by atoms with E-state index in [1.165, 1.54) is 6.08 Å². The van der Waals surface area contributed by atoms with Crippen molar-refractivity contribution in [2.75, 3.05) is 56.3 Å². The van der Waals surface area contributed by atoms with Crippen LogP contribution in [0.5, 0.6) is 11.5 Å². The maximum absolute atomic E-state index is 12.3. The minimum atomic E-state index is -0.592. The number of nitrogens with zero attached hydrogens (tertiary/aromatic N) is 1. The molecule has 1 saturated heterocycles. The molecule has 0 unspecified atom stereocenters. The molecule has 8 nitrogen and oxygen atoms in total. The van der Waals surface area contributed by atoms with Crippen LogP contribution in [0.15, 0.2) is 36.4 Å². The molecule has 1 aromatic rings. The molecule has 1 aromatic carbocycles. The highest BCUT2D eigenvalue weighted by atomic mass is 16.5. The Bertz CT molecular complexity index is 769. The largest absolute Gasteiger partial charge is 0.492 e. The minimum absolute atomic E-state index is 0.403. The monoisotopic (exact) mass is 418 g/mol. The van der Waals surface area contributed by atoms with E-state index >= 15 is 0 Å². The van der Waals surface area contributed by atoms with Crippen LogP contribution in [0.3, 0.4) is 0 Å². The first-order chi connectivity index (χ1) is 14.6. The van der Waals surface area contributed by atoms with Gasteiger partial charge in [0.2, 0.25) is 0 Å². The Labute approximate surface area is 177 Å². The molecule has 1 aliphatic heterocycles. The van der Waals surface area contributed by atoms with Crippen LogP contribution in [0.25, 0.3) is 0 Å². The predicted octanol–water partition coefficient (Wildman–Crippen LogP) is 2.93. The van der Waals surface area contributed by atoms with E-state index in [-0.39, 0.29) is 0 Å². The maximum Gasteiger partial charge on any atom is 0.331 e. The van der Waals surface area contributed by atoms with Crippen LogP contribution in [0.2, 0.25) is 0 Å². The third-order valence-corrected chi connectivity index (χ3v) is 4.17. The number of benzene rings is 1. The molecule has 8 heteroatoms. The maximum atomic E-state index is 12.3. The number of amides is 1. The summed E-state index contributed by atoms with van der Waals surface area (Å²) in [4.78, 5) is 26.1. The van der Waals surface area contributed by atoms with E-state index in [9.17, 15) is 9.59 Å². The van der Waals surface area contributed by atoms with Crippen molar-refractivity contribution in [2.45, 2.75) is 20.8 Å².